The molecule has 0 saturated carbocycles. The Bertz CT molecular complexity index is 620. The fourth-order valence-corrected chi connectivity index (χ4v) is 4.36. The summed E-state index contributed by atoms with van der Waals surface area (Å²) >= 11 is 0. The molecule has 0 atom stereocenters. The molecule has 0 unspecified atom stereocenters. The highest BCUT2D eigenvalue weighted by Crippen LogP contribution is 2.25. The molecule has 110 valence electrons. The largest absolute Gasteiger partial charge is 0.299 e. The van der Waals surface area contributed by atoms with E-state index in [1.54, 1.807) is 13.8 Å². The molecule has 5 heteroatoms. The van der Waals surface area contributed by atoms with E-state index in [0.717, 1.165) is 12.0 Å². The van der Waals surface area contributed by atoms with Crippen LogP contribution in [0.5, 0.6) is 0 Å². The summed E-state index contributed by atoms with van der Waals surface area (Å²) in [5.74, 6) is -0.226. The van der Waals surface area contributed by atoms with Gasteiger partial charge in [-0.05, 0) is 24.5 Å². The van der Waals surface area contributed by atoms with Crippen molar-refractivity contribution >= 4 is 15.8 Å². The number of fused-ring (bicyclic) bond motifs is 1. The van der Waals surface area contributed by atoms with Gasteiger partial charge in [-0.2, -0.15) is 4.31 Å². The highest BCUT2D eigenvalue weighted by Gasteiger charge is 2.35. The molecule has 0 radical (unpaired) electrons. The molecule has 2 rings (SSSR count). The van der Waals surface area contributed by atoms with Gasteiger partial charge in [0, 0.05) is 18.5 Å². The summed E-state index contributed by atoms with van der Waals surface area (Å²) in [6.45, 7) is 5.72. The SMILES string of the molecule is CC(=O)C(C)(C)CS(=O)(=O)N1CCc2ccccc2C1. The van der Waals surface area contributed by atoms with Gasteiger partial charge in [0.1, 0.15) is 5.78 Å². The standard InChI is InChI=1S/C15H21NO3S/c1-12(17)15(2,3)11-20(18,19)16-9-8-13-6-4-5-7-14(13)10-16/h4-7H,8-11H2,1-3H3. The van der Waals surface area contributed by atoms with Crippen molar-refractivity contribution in [2.24, 2.45) is 5.41 Å². The third-order valence-electron chi connectivity index (χ3n) is 3.99. The Hall–Kier alpha value is -1.20. The Labute approximate surface area is 120 Å². The predicted octanol–water partition coefficient (Wildman–Crippen LogP) is 1.99. The minimum atomic E-state index is -3.42. The number of hydrogen-bond donors (Lipinski definition) is 0. The van der Waals surface area contributed by atoms with E-state index in [1.807, 2.05) is 24.3 Å². The number of benzene rings is 1. The smallest absolute Gasteiger partial charge is 0.215 e. The van der Waals surface area contributed by atoms with E-state index in [9.17, 15) is 13.2 Å². The Balaban J connectivity index is 2.19. The van der Waals surface area contributed by atoms with Crippen LogP contribution in [-0.2, 0) is 27.8 Å². The zero-order chi connectivity index (χ0) is 15.0. The molecule has 0 N–H and O–H groups in total. The lowest BCUT2D eigenvalue weighted by molar-refractivity contribution is -0.123. The molecule has 1 aliphatic heterocycles. The highest BCUT2D eigenvalue weighted by atomic mass is 32.2. The summed E-state index contributed by atoms with van der Waals surface area (Å²) in [6.07, 6.45) is 0.732. The Kier molecular flexibility index (Phi) is 4.02. The zero-order valence-electron chi connectivity index (χ0n) is 12.2. The van der Waals surface area contributed by atoms with Gasteiger partial charge >= 0.3 is 0 Å². The van der Waals surface area contributed by atoms with Crippen LogP contribution >= 0.6 is 0 Å². The third-order valence-corrected chi connectivity index (χ3v) is 6.17. The Morgan fingerprint density at radius 3 is 2.45 bits per heavy atom. The number of carbonyl (C=O) groups excluding carboxylic acids is 1. The van der Waals surface area contributed by atoms with Gasteiger partial charge in [-0.25, -0.2) is 8.42 Å². The van der Waals surface area contributed by atoms with Crippen LogP contribution in [0, 0.1) is 5.41 Å². The first kappa shape index (κ1) is 15.2. The number of carbonyl (C=O) groups is 1. The summed E-state index contributed by atoms with van der Waals surface area (Å²) in [5, 5.41) is 0. The molecule has 0 aromatic heterocycles. The molecule has 1 aliphatic rings. The topological polar surface area (TPSA) is 54.5 Å². The molecule has 0 bridgehead atoms. The van der Waals surface area contributed by atoms with E-state index >= 15 is 0 Å². The molecule has 1 aromatic carbocycles. The first-order chi connectivity index (χ1) is 9.22. The van der Waals surface area contributed by atoms with Crippen molar-refractivity contribution in [1.82, 2.24) is 4.31 Å². The van der Waals surface area contributed by atoms with Gasteiger partial charge in [0.25, 0.3) is 0 Å². The normalized spacial score (nSPS) is 16.8. The van der Waals surface area contributed by atoms with Gasteiger partial charge in [-0.15, -0.1) is 0 Å². The van der Waals surface area contributed by atoms with Gasteiger partial charge in [0.05, 0.1) is 5.75 Å². The predicted molar refractivity (Wildman–Crippen MR) is 78.8 cm³/mol. The van der Waals surface area contributed by atoms with Crippen LogP contribution < -0.4 is 0 Å². The summed E-state index contributed by atoms with van der Waals surface area (Å²) < 4.78 is 26.5. The van der Waals surface area contributed by atoms with Crippen molar-refractivity contribution in [2.45, 2.75) is 33.7 Å². The molecule has 0 fully saturated rings. The van der Waals surface area contributed by atoms with Crippen LogP contribution in [0.2, 0.25) is 0 Å². The monoisotopic (exact) mass is 295 g/mol. The average molecular weight is 295 g/mol. The summed E-state index contributed by atoms with van der Waals surface area (Å²) in [4.78, 5) is 11.5. The fraction of sp³-hybridized carbons (Fsp3) is 0.533. The van der Waals surface area contributed by atoms with Gasteiger partial charge in [0.15, 0.2) is 0 Å². The number of nitrogens with zero attached hydrogens (tertiary/aromatic N) is 1. The van der Waals surface area contributed by atoms with Crippen LogP contribution in [-0.4, -0.2) is 30.8 Å². The Morgan fingerprint density at radius 2 is 1.85 bits per heavy atom. The fourth-order valence-electron chi connectivity index (χ4n) is 2.36. The van der Waals surface area contributed by atoms with Gasteiger partial charge in [0.2, 0.25) is 10.0 Å². The van der Waals surface area contributed by atoms with Crippen LogP contribution in [0.15, 0.2) is 24.3 Å². The maximum atomic E-state index is 12.5. The summed E-state index contributed by atoms with van der Waals surface area (Å²) in [7, 11) is -3.42. The number of sulfonamides is 1. The van der Waals surface area contributed by atoms with Crippen LogP contribution in [0.25, 0.3) is 0 Å². The van der Waals surface area contributed by atoms with Gasteiger partial charge in [-0.1, -0.05) is 38.1 Å². The van der Waals surface area contributed by atoms with E-state index in [0.29, 0.717) is 13.1 Å². The Morgan fingerprint density at radius 1 is 1.25 bits per heavy atom. The highest BCUT2D eigenvalue weighted by molar-refractivity contribution is 7.89. The van der Waals surface area contributed by atoms with Crippen LogP contribution in [0.1, 0.15) is 31.9 Å². The van der Waals surface area contributed by atoms with Crippen molar-refractivity contribution in [3.63, 3.8) is 0 Å². The molecule has 0 spiro atoms. The first-order valence-electron chi connectivity index (χ1n) is 6.78. The quantitative estimate of drug-likeness (QED) is 0.853. The maximum Gasteiger partial charge on any atom is 0.215 e. The molecular weight excluding hydrogens is 274 g/mol. The van der Waals surface area contributed by atoms with Crippen molar-refractivity contribution in [1.29, 1.82) is 0 Å². The molecular formula is C15H21NO3S. The third kappa shape index (κ3) is 3.10. The van der Waals surface area contributed by atoms with Crippen molar-refractivity contribution in [3.05, 3.63) is 35.4 Å². The second kappa shape index (κ2) is 5.30. The number of ketones is 1. The lowest BCUT2D eigenvalue weighted by Crippen LogP contribution is -2.42. The molecule has 0 amide bonds. The molecule has 0 saturated heterocycles. The van der Waals surface area contributed by atoms with Crippen molar-refractivity contribution in [3.8, 4) is 0 Å². The lowest BCUT2D eigenvalue weighted by atomic mass is 9.92. The zero-order valence-corrected chi connectivity index (χ0v) is 13.0. The van der Waals surface area contributed by atoms with E-state index < -0.39 is 15.4 Å². The van der Waals surface area contributed by atoms with Crippen molar-refractivity contribution < 1.29 is 13.2 Å². The van der Waals surface area contributed by atoms with E-state index in [1.165, 1.54) is 16.8 Å². The summed E-state index contributed by atoms with van der Waals surface area (Å²) in [6, 6.07) is 7.91. The van der Waals surface area contributed by atoms with Crippen molar-refractivity contribution in [2.75, 3.05) is 12.3 Å². The van der Waals surface area contributed by atoms with Gasteiger partial charge in [-0.3, -0.25) is 4.79 Å². The van der Waals surface area contributed by atoms with E-state index in [-0.39, 0.29) is 11.5 Å². The minimum Gasteiger partial charge on any atom is -0.299 e. The molecule has 20 heavy (non-hydrogen) atoms. The summed E-state index contributed by atoms with van der Waals surface area (Å²) in [5.41, 5.74) is 1.43. The van der Waals surface area contributed by atoms with Crippen LogP contribution in [0.4, 0.5) is 0 Å². The second-order valence-corrected chi connectivity index (χ2v) is 8.02. The number of rotatable bonds is 4. The number of Topliss-reactive ketones (excluding diaryl/α,β-unsaturated/α-hetero) is 1. The molecule has 4 nitrogen and oxygen atoms in total. The van der Waals surface area contributed by atoms with Crippen LogP contribution in [0.3, 0.4) is 0 Å². The molecule has 0 aliphatic carbocycles. The van der Waals surface area contributed by atoms with E-state index in [4.69, 9.17) is 0 Å². The first-order valence-corrected chi connectivity index (χ1v) is 8.39. The lowest BCUT2D eigenvalue weighted by Gasteiger charge is -2.31. The van der Waals surface area contributed by atoms with E-state index in [2.05, 4.69) is 0 Å². The minimum absolute atomic E-state index is 0.0986. The van der Waals surface area contributed by atoms with Gasteiger partial charge < -0.3 is 0 Å². The maximum absolute atomic E-state index is 12.5. The average Bonchev–Trinajstić information content (AvgIpc) is 2.36. The second-order valence-electron chi connectivity index (χ2n) is 6.05. The molecule has 1 aromatic rings. The number of hydrogen-bond acceptors (Lipinski definition) is 3. The molecule has 1 heterocycles.